The van der Waals surface area contributed by atoms with Crippen molar-refractivity contribution in [3.05, 3.63) is 24.8 Å². The molecular formula is C6H8O2. The van der Waals surface area contributed by atoms with Gasteiger partial charge in [0.05, 0.1) is 6.42 Å². The van der Waals surface area contributed by atoms with Crippen LogP contribution in [-0.4, -0.2) is 11.1 Å². The van der Waals surface area contributed by atoms with Gasteiger partial charge in [0.2, 0.25) is 0 Å². The number of allylic oxidation sites excluding steroid dienone is 2. The van der Waals surface area contributed by atoms with Gasteiger partial charge >= 0.3 is 5.97 Å². The molecular weight excluding hydrogens is 104 g/mol. The summed E-state index contributed by atoms with van der Waals surface area (Å²) >= 11 is 0. The predicted octanol–water partition coefficient (Wildman–Crippen LogP) is 1.20. The summed E-state index contributed by atoms with van der Waals surface area (Å²) in [6, 6.07) is 0. The summed E-state index contributed by atoms with van der Waals surface area (Å²) in [4.78, 5) is 9.79. The number of rotatable bonds is 3. The van der Waals surface area contributed by atoms with Crippen LogP contribution in [0.2, 0.25) is 0 Å². The van der Waals surface area contributed by atoms with E-state index in [-0.39, 0.29) is 6.42 Å². The summed E-state index contributed by atoms with van der Waals surface area (Å²) < 4.78 is 0. The zero-order chi connectivity index (χ0) is 6.41. The fourth-order valence-corrected chi connectivity index (χ4v) is 0.265. The van der Waals surface area contributed by atoms with E-state index in [2.05, 4.69) is 6.58 Å². The Hall–Kier alpha value is -1.05. The number of carbonyl (C=O) groups is 1. The second kappa shape index (κ2) is 4.12. The molecule has 0 aliphatic rings. The van der Waals surface area contributed by atoms with Gasteiger partial charge in [-0.2, -0.15) is 0 Å². The van der Waals surface area contributed by atoms with Gasteiger partial charge < -0.3 is 5.11 Å². The van der Waals surface area contributed by atoms with Crippen molar-refractivity contribution in [3.63, 3.8) is 0 Å². The molecule has 2 heteroatoms. The van der Waals surface area contributed by atoms with E-state index in [0.29, 0.717) is 0 Å². The zero-order valence-electron chi connectivity index (χ0n) is 4.50. The topological polar surface area (TPSA) is 37.3 Å². The lowest BCUT2D eigenvalue weighted by molar-refractivity contribution is -0.135. The van der Waals surface area contributed by atoms with Crippen LogP contribution in [0, 0.1) is 0 Å². The normalized spacial score (nSPS) is 9.50. The molecule has 0 amide bonds. The van der Waals surface area contributed by atoms with E-state index in [1.54, 1.807) is 12.2 Å². The van der Waals surface area contributed by atoms with E-state index in [1.165, 1.54) is 6.08 Å². The maximum Gasteiger partial charge on any atom is 0.307 e. The molecule has 0 atom stereocenters. The van der Waals surface area contributed by atoms with Gasteiger partial charge in [0.1, 0.15) is 0 Å². The molecule has 0 aromatic rings. The van der Waals surface area contributed by atoms with Gasteiger partial charge in [0.25, 0.3) is 0 Å². The van der Waals surface area contributed by atoms with Gasteiger partial charge in [-0.3, -0.25) is 4.79 Å². The first kappa shape index (κ1) is 6.95. The van der Waals surface area contributed by atoms with Crippen LogP contribution in [0.15, 0.2) is 24.8 Å². The maximum atomic E-state index is 9.79. The summed E-state index contributed by atoms with van der Waals surface area (Å²) in [5.41, 5.74) is 0. The molecule has 8 heavy (non-hydrogen) atoms. The van der Waals surface area contributed by atoms with Crippen LogP contribution in [0.1, 0.15) is 6.42 Å². The van der Waals surface area contributed by atoms with E-state index in [4.69, 9.17) is 5.11 Å². The molecule has 2 nitrogen and oxygen atoms in total. The Labute approximate surface area is 48.1 Å². The SMILES string of the molecule is C=C/C=C/CC(=O)O. The van der Waals surface area contributed by atoms with Crippen LogP contribution in [0.3, 0.4) is 0 Å². The molecule has 0 aliphatic heterocycles. The second-order valence-corrected chi connectivity index (χ2v) is 1.26. The minimum absolute atomic E-state index is 0.0754. The van der Waals surface area contributed by atoms with Crippen LogP contribution in [-0.2, 0) is 4.79 Å². The lowest BCUT2D eigenvalue weighted by Gasteiger charge is -1.78. The van der Waals surface area contributed by atoms with Crippen molar-refractivity contribution >= 4 is 5.97 Å². The van der Waals surface area contributed by atoms with Crippen molar-refractivity contribution in [2.24, 2.45) is 0 Å². The Bertz CT molecular complexity index is 114. The first-order chi connectivity index (χ1) is 3.77. The van der Waals surface area contributed by atoms with Crippen LogP contribution in [0.25, 0.3) is 0 Å². The summed E-state index contributed by atoms with van der Waals surface area (Å²) in [5, 5.41) is 8.05. The molecule has 44 valence electrons. The van der Waals surface area contributed by atoms with Gasteiger partial charge in [0.15, 0.2) is 0 Å². The fourth-order valence-electron chi connectivity index (χ4n) is 0.265. The molecule has 0 aliphatic carbocycles. The van der Waals surface area contributed by atoms with Crippen molar-refractivity contribution in [2.75, 3.05) is 0 Å². The monoisotopic (exact) mass is 112 g/mol. The third-order valence-electron chi connectivity index (χ3n) is 0.565. The molecule has 0 fully saturated rings. The average molecular weight is 112 g/mol. The van der Waals surface area contributed by atoms with E-state index >= 15 is 0 Å². The molecule has 0 rings (SSSR count). The van der Waals surface area contributed by atoms with Crippen LogP contribution in [0.5, 0.6) is 0 Å². The van der Waals surface area contributed by atoms with Crippen molar-refractivity contribution in [1.29, 1.82) is 0 Å². The highest BCUT2D eigenvalue weighted by Gasteiger charge is 1.85. The molecule has 0 bridgehead atoms. The van der Waals surface area contributed by atoms with Gasteiger partial charge in [-0.25, -0.2) is 0 Å². The number of carboxylic acid groups (broad SMARTS) is 1. The summed E-state index contributed by atoms with van der Waals surface area (Å²) in [7, 11) is 0. The summed E-state index contributed by atoms with van der Waals surface area (Å²) in [6.45, 7) is 3.38. The van der Waals surface area contributed by atoms with Crippen molar-refractivity contribution in [1.82, 2.24) is 0 Å². The third kappa shape index (κ3) is 4.95. The molecule has 0 aromatic heterocycles. The van der Waals surface area contributed by atoms with Crippen molar-refractivity contribution in [2.45, 2.75) is 6.42 Å². The molecule has 0 aromatic carbocycles. The van der Waals surface area contributed by atoms with E-state index < -0.39 is 5.97 Å². The van der Waals surface area contributed by atoms with E-state index in [0.717, 1.165) is 0 Å². The zero-order valence-corrected chi connectivity index (χ0v) is 4.50. The van der Waals surface area contributed by atoms with E-state index in [9.17, 15) is 4.79 Å². The highest BCUT2D eigenvalue weighted by molar-refractivity contribution is 5.68. The first-order valence-corrected chi connectivity index (χ1v) is 2.26. The average Bonchev–Trinajstić information content (AvgIpc) is 1.66. The van der Waals surface area contributed by atoms with Gasteiger partial charge in [-0.05, 0) is 0 Å². The fraction of sp³-hybridized carbons (Fsp3) is 0.167. The Morgan fingerprint density at radius 1 is 1.75 bits per heavy atom. The summed E-state index contributed by atoms with van der Waals surface area (Å²) in [5.74, 6) is -0.817. The number of aliphatic carboxylic acids is 1. The quantitative estimate of drug-likeness (QED) is 0.557. The van der Waals surface area contributed by atoms with Crippen LogP contribution >= 0.6 is 0 Å². The summed E-state index contributed by atoms with van der Waals surface area (Å²) in [6.07, 6.45) is 4.76. The largest absolute Gasteiger partial charge is 0.481 e. The molecule has 0 heterocycles. The minimum Gasteiger partial charge on any atom is -0.481 e. The lowest BCUT2D eigenvalue weighted by Crippen LogP contribution is -1.88. The highest BCUT2D eigenvalue weighted by atomic mass is 16.4. The lowest BCUT2D eigenvalue weighted by atomic mass is 10.4. The highest BCUT2D eigenvalue weighted by Crippen LogP contribution is 1.81. The van der Waals surface area contributed by atoms with Crippen LogP contribution < -0.4 is 0 Å². The first-order valence-electron chi connectivity index (χ1n) is 2.26. The molecule has 0 spiro atoms. The molecule has 1 N–H and O–H groups in total. The minimum atomic E-state index is -0.817. The Morgan fingerprint density at radius 2 is 2.38 bits per heavy atom. The van der Waals surface area contributed by atoms with Gasteiger partial charge in [0, 0.05) is 0 Å². The van der Waals surface area contributed by atoms with Crippen LogP contribution in [0.4, 0.5) is 0 Å². The third-order valence-corrected chi connectivity index (χ3v) is 0.565. The number of carboxylic acids is 1. The standard InChI is InChI=1S/C6H8O2/c1-2-3-4-5-6(7)8/h2-4H,1,5H2,(H,7,8)/b4-3+. The number of hydrogen-bond acceptors (Lipinski definition) is 1. The predicted molar refractivity (Wildman–Crippen MR) is 31.6 cm³/mol. The molecule has 0 unspecified atom stereocenters. The van der Waals surface area contributed by atoms with Gasteiger partial charge in [-0.1, -0.05) is 24.8 Å². The molecule has 0 radical (unpaired) electrons. The number of hydrogen-bond donors (Lipinski definition) is 1. The van der Waals surface area contributed by atoms with Gasteiger partial charge in [-0.15, -0.1) is 0 Å². The molecule has 0 saturated heterocycles. The van der Waals surface area contributed by atoms with Crippen molar-refractivity contribution < 1.29 is 9.90 Å². The second-order valence-electron chi connectivity index (χ2n) is 1.26. The molecule has 0 saturated carbocycles. The smallest absolute Gasteiger partial charge is 0.307 e. The Balaban J connectivity index is 3.29. The van der Waals surface area contributed by atoms with E-state index in [1.807, 2.05) is 0 Å². The maximum absolute atomic E-state index is 9.79. The Morgan fingerprint density at radius 3 is 2.75 bits per heavy atom. The Kier molecular flexibility index (Phi) is 3.58. The van der Waals surface area contributed by atoms with Crippen molar-refractivity contribution in [3.8, 4) is 0 Å².